The standard InChI is InChI=1S/C10H11N3O3/c1-11-5-7-12-9(10(15)16)6-3-2-4-8(14)13(6)7/h2-4,11,14H,5H2,1H3,(H,15,16). The molecule has 0 aliphatic heterocycles. The van der Waals surface area contributed by atoms with Gasteiger partial charge in [-0.15, -0.1) is 0 Å². The Labute approximate surface area is 91.2 Å². The fraction of sp³-hybridized carbons (Fsp3) is 0.200. The van der Waals surface area contributed by atoms with Gasteiger partial charge in [0.05, 0.1) is 12.1 Å². The smallest absolute Gasteiger partial charge is 0.356 e. The molecule has 0 bridgehead atoms. The molecule has 0 aromatic carbocycles. The van der Waals surface area contributed by atoms with Gasteiger partial charge in [-0.2, -0.15) is 0 Å². The van der Waals surface area contributed by atoms with Gasteiger partial charge < -0.3 is 15.5 Å². The molecule has 2 aromatic rings. The van der Waals surface area contributed by atoms with E-state index < -0.39 is 5.97 Å². The molecule has 0 amide bonds. The Balaban J connectivity index is 2.76. The Morgan fingerprint density at radius 3 is 2.94 bits per heavy atom. The van der Waals surface area contributed by atoms with Crippen LogP contribution in [0.2, 0.25) is 0 Å². The third-order valence-electron chi connectivity index (χ3n) is 2.25. The van der Waals surface area contributed by atoms with Crippen LogP contribution in [-0.2, 0) is 6.54 Å². The molecule has 16 heavy (non-hydrogen) atoms. The van der Waals surface area contributed by atoms with Crippen LogP contribution in [0.15, 0.2) is 18.2 Å². The molecule has 0 saturated carbocycles. The maximum atomic E-state index is 11.0. The normalized spacial score (nSPS) is 10.8. The number of pyridine rings is 1. The second kappa shape index (κ2) is 3.82. The molecule has 0 fully saturated rings. The summed E-state index contributed by atoms with van der Waals surface area (Å²) in [4.78, 5) is 14.9. The van der Waals surface area contributed by atoms with Gasteiger partial charge in [0.2, 0.25) is 0 Å². The first-order valence-electron chi connectivity index (χ1n) is 4.72. The quantitative estimate of drug-likeness (QED) is 0.700. The maximum absolute atomic E-state index is 11.0. The highest BCUT2D eigenvalue weighted by molar-refractivity contribution is 5.93. The number of fused-ring (bicyclic) bond motifs is 1. The first-order valence-corrected chi connectivity index (χ1v) is 4.72. The fourth-order valence-electron chi connectivity index (χ4n) is 1.62. The third-order valence-corrected chi connectivity index (χ3v) is 2.25. The van der Waals surface area contributed by atoms with Crippen LogP contribution in [0.3, 0.4) is 0 Å². The average molecular weight is 221 g/mol. The molecule has 0 atom stereocenters. The monoisotopic (exact) mass is 221 g/mol. The van der Waals surface area contributed by atoms with Gasteiger partial charge in [0.25, 0.3) is 0 Å². The molecule has 3 N–H and O–H groups in total. The number of aromatic nitrogens is 2. The molecule has 0 spiro atoms. The molecule has 84 valence electrons. The summed E-state index contributed by atoms with van der Waals surface area (Å²) in [6.45, 7) is 0.381. The van der Waals surface area contributed by atoms with E-state index >= 15 is 0 Å². The van der Waals surface area contributed by atoms with Crippen LogP contribution in [-0.4, -0.2) is 32.6 Å². The van der Waals surface area contributed by atoms with Crippen molar-refractivity contribution in [3.63, 3.8) is 0 Å². The zero-order valence-electron chi connectivity index (χ0n) is 8.64. The van der Waals surface area contributed by atoms with E-state index in [2.05, 4.69) is 10.3 Å². The Kier molecular flexibility index (Phi) is 2.49. The number of hydrogen-bond acceptors (Lipinski definition) is 4. The van der Waals surface area contributed by atoms with Crippen LogP contribution in [0.4, 0.5) is 0 Å². The van der Waals surface area contributed by atoms with Crippen molar-refractivity contribution in [2.75, 3.05) is 7.05 Å². The van der Waals surface area contributed by atoms with Crippen LogP contribution in [0.5, 0.6) is 5.88 Å². The maximum Gasteiger partial charge on any atom is 0.356 e. The third kappa shape index (κ3) is 1.49. The highest BCUT2D eigenvalue weighted by Gasteiger charge is 2.17. The summed E-state index contributed by atoms with van der Waals surface area (Å²) in [6.07, 6.45) is 0. The van der Waals surface area contributed by atoms with Gasteiger partial charge in [0.15, 0.2) is 11.6 Å². The van der Waals surface area contributed by atoms with Gasteiger partial charge in [0.1, 0.15) is 5.82 Å². The largest absolute Gasteiger partial charge is 0.494 e. The second-order valence-corrected chi connectivity index (χ2v) is 3.32. The van der Waals surface area contributed by atoms with Gasteiger partial charge >= 0.3 is 5.97 Å². The van der Waals surface area contributed by atoms with Gasteiger partial charge in [-0.25, -0.2) is 9.78 Å². The van der Waals surface area contributed by atoms with Crippen molar-refractivity contribution in [2.24, 2.45) is 0 Å². The lowest BCUT2D eigenvalue weighted by atomic mass is 10.3. The minimum absolute atomic E-state index is 0.0252. The number of nitrogens with one attached hydrogen (secondary N) is 1. The van der Waals surface area contributed by atoms with E-state index in [4.69, 9.17) is 5.11 Å². The van der Waals surface area contributed by atoms with Crippen molar-refractivity contribution >= 4 is 11.5 Å². The van der Waals surface area contributed by atoms with Crippen molar-refractivity contribution in [1.29, 1.82) is 0 Å². The average Bonchev–Trinajstić information content (AvgIpc) is 2.59. The number of carboxylic acid groups (broad SMARTS) is 1. The molecule has 0 radical (unpaired) electrons. The summed E-state index contributed by atoms with van der Waals surface area (Å²) < 4.78 is 1.42. The van der Waals surface area contributed by atoms with E-state index in [1.165, 1.54) is 10.5 Å². The number of imidazole rings is 1. The lowest BCUT2D eigenvalue weighted by molar-refractivity contribution is 0.0693. The van der Waals surface area contributed by atoms with E-state index in [1.54, 1.807) is 19.2 Å². The summed E-state index contributed by atoms with van der Waals surface area (Å²) in [6, 6.07) is 4.68. The van der Waals surface area contributed by atoms with Crippen LogP contribution in [0.25, 0.3) is 5.52 Å². The zero-order valence-corrected chi connectivity index (χ0v) is 8.64. The molecule has 2 heterocycles. The fourth-order valence-corrected chi connectivity index (χ4v) is 1.62. The van der Waals surface area contributed by atoms with Crippen LogP contribution >= 0.6 is 0 Å². The lowest BCUT2D eigenvalue weighted by Gasteiger charge is -2.02. The van der Waals surface area contributed by atoms with Gasteiger partial charge in [0, 0.05) is 0 Å². The molecule has 2 rings (SSSR count). The highest BCUT2D eigenvalue weighted by atomic mass is 16.4. The molecule has 0 saturated heterocycles. The van der Waals surface area contributed by atoms with Crippen molar-refractivity contribution in [3.05, 3.63) is 29.7 Å². The van der Waals surface area contributed by atoms with E-state index in [0.717, 1.165) is 0 Å². The Morgan fingerprint density at radius 2 is 2.31 bits per heavy atom. The minimum Gasteiger partial charge on any atom is -0.494 e. The molecule has 2 aromatic heterocycles. The lowest BCUT2D eigenvalue weighted by Crippen LogP contribution is -2.09. The van der Waals surface area contributed by atoms with Crippen molar-refractivity contribution in [3.8, 4) is 5.88 Å². The molecular weight excluding hydrogens is 210 g/mol. The van der Waals surface area contributed by atoms with Crippen LogP contribution in [0, 0.1) is 0 Å². The minimum atomic E-state index is -1.11. The number of aromatic hydroxyl groups is 1. The zero-order chi connectivity index (χ0) is 11.7. The first-order chi connectivity index (χ1) is 7.65. The predicted molar refractivity (Wildman–Crippen MR) is 56.6 cm³/mol. The summed E-state index contributed by atoms with van der Waals surface area (Å²) in [5.41, 5.74) is 0.332. The molecule has 6 heteroatoms. The summed E-state index contributed by atoms with van der Waals surface area (Å²) in [5.74, 6) is -0.666. The molecule has 6 nitrogen and oxygen atoms in total. The summed E-state index contributed by atoms with van der Waals surface area (Å²) >= 11 is 0. The number of nitrogens with zero attached hydrogens (tertiary/aromatic N) is 2. The molecule has 0 aliphatic rings. The number of carbonyl (C=O) groups is 1. The van der Waals surface area contributed by atoms with Crippen molar-refractivity contribution in [2.45, 2.75) is 6.54 Å². The van der Waals surface area contributed by atoms with Gasteiger partial charge in [-0.05, 0) is 19.2 Å². The summed E-state index contributed by atoms with van der Waals surface area (Å²) in [7, 11) is 1.72. The van der Waals surface area contributed by atoms with Gasteiger partial charge in [-0.3, -0.25) is 4.40 Å². The Bertz CT molecular complexity index is 547. The van der Waals surface area contributed by atoms with Crippen LogP contribution < -0.4 is 5.32 Å². The Morgan fingerprint density at radius 1 is 1.56 bits per heavy atom. The van der Waals surface area contributed by atoms with Crippen molar-refractivity contribution in [1.82, 2.24) is 14.7 Å². The molecule has 0 unspecified atom stereocenters. The topological polar surface area (TPSA) is 86.9 Å². The number of hydrogen-bond donors (Lipinski definition) is 3. The predicted octanol–water partition coefficient (Wildman–Crippen LogP) is 0.458. The molecule has 0 aliphatic carbocycles. The van der Waals surface area contributed by atoms with E-state index in [1.807, 2.05) is 0 Å². The number of aromatic carboxylic acids is 1. The first kappa shape index (κ1) is 10.4. The number of rotatable bonds is 3. The van der Waals surface area contributed by atoms with Crippen molar-refractivity contribution < 1.29 is 15.0 Å². The van der Waals surface area contributed by atoms with E-state index in [-0.39, 0.29) is 11.6 Å². The van der Waals surface area contributed by atoms with Gasteiger partial charge in [-0.1, -0.05) is 6.07 Å². The molecular formula is C10H11N3O3. The van der Waals surface area contributed by atoms with E-state index in [0.29, 0.717) is 17.9 Å². The number of carboxylic acids is 1. The Hall–Kier alpha value is -2.08. The SMILES string of the molecule is CNCc1nc(C(=O)O)c2cccc(O)n12. The second-order valence-electron chi connectivity index (χ2n) is 3.32. The summed E-state index contributed by atoms with van der Waals surface area (Å²) in [5, 5.41) is 21.5. The highest BCUT2D eigenvalue weighted by Crippen LogP contribution is 2.19. The van der Waals surface area contributed by atoms with E-state index in [9.17, 15) is 9.90 Å². The van der Waals surface area contributed by atoms with Crippen LogP contribution in [0.1, 0.15) is 16.3 Å².